The number of benzene rings is 1. The zero-order valence-electron chi connectivity index (χ0n) is 14.6. The number of rotatable bonds is 3. The van der Waals surface area contributed by atoms with Crippen molar-refractivity contribution in [3.05, 3.63) is 47.5 Å². The van der Waals surface area contributed by atoms with E-state index in [2.05, 4.69) is 5.10 Å². The molecule has 0 N–H and O–H groups in total. The van der Waals surface area contributed by atoms with Gasteiger partial charge < -0.3 is 0 Å². The summed E-state index contributed by atoms with van der Waals surface area (Å²) in [5, 5.41) is 3.51. The smallest absolute Gasteiger partial charge is 0.270 e. The highest BCUT2D eigenvalue weighted by atomic mass is 32.2. The van der Waals surface area contributed by atoms with Crippen LogP contribution in [0.3, 0.4) is 0 Å². The molecule has 0 radical (unpaired) electrons. The van der Waals surface area contributed by atoms with Crippen molar-refractivity contribution in [3.63, 3.8) is 0 Å². The van der Waals surface area contributed by atoms with Crippen LogP contribution < -0.4 is 0 Å². The van der Waals surface area contributed by atoms with Gasteiger partial charge in [0.25, 0.3) is 0 Å². The molecule has 1 atom stereocenters. The molecule has 1 saturated heterocycles. The van der Waals surface area contributed by atoms with E-state index in [4.69, 9.17) is 0 Å². The molecule has 5 nitrogen and oxygen atoms in total. The molecule has 1 fully saturated rings. The Hall–Kier alpha value is -1.94. The predicted octanol–water partition coefficient (Wildman–Crippen LogP) is 3.88. The van der Waals surface area contributed by atoms with Gasteiger partial charge in [-0.1, -0.05) is 12.8 Å². The largest absolute Gasteiger partial charge is 0.435 e. The van der Waals surface area contributed by atoms with Gasteiger partial charge in [0.2, 0.25) is 10.0 Å². The van der Waals surface area contributed by atoms with Crippen LogP contribution in [0.1, 0.15) is 43.1 Å². The summed E-state index contributed by atoms with van der Waals surface area (Å²) in [4.78, 5) is -0.0889. The molecule has 2 heterocycles. The minimum atomic E-state index is -4.61. The molecule has 0 saturated carbocycles. The zero-order valence-corrected chi connectivity index (χ0v) is 15.4. The zero-order chi connectivity index (χ0) is 19.8. The van der Waals surface area contributed by atoms with Crippen LogP contribution in [0, 0.1) is 5.82 Å². The molecule has 1 aromatic carbocycles. The number of aromatic nitrogens is 2. The lowest BCUT2D eigenvalue weighted by Crippen LogP contribution is -2.35. The number of alkyl halides is 3. The molecule has 1 aliphatic heterocycles. The van der Waals surface area contributed by atoms with Crippen LogP contribution in [-0.2, 0) is 23.2 Å². The second-order valence-electron chi connectivity index (χ2n) is 6.51. The van der Waals surface area contributed by atoms with Gasteiger partial charge in [-0.3, -0.25) is 4.68 Å². The molecular weight excluding hydrogens is 386 g/mol. The van der Waals surface area contributed by atoms with Crippen molar-refractivity contribution in [2.45, 2.75) is 42.8 Å². The Morgan fingerprint density at radius 1 is 1.11 bits per heavy atom. The lowest BCUT2D eigenvalue weighted by Gasteiger charge is -2.29. The molecule has 10 heteroatoms. The molecule has 0 bridgehead atoms. The third kappa shape index (κ3) is 4.01. The van der Waals surface area contributed by atoms with Crippen molar-refractivity contribution in [1.82, 2.24) is 14.1 Å². The molecule has 148 valence electrons. The molecule has 1 unspecified atom stereocenters. The van der Waals surface area contributed by atoms with Crippen LogP contribution in [0.5, 0.6) is 0 Å². The summed E-state index contributed by atoms with van der Waals surface area (Å²) in [5.41, 5.74) is -0.863. The minimum Gasteiger partial charge on any atom is -0.270 e. The molecule has 2 aromatic rings. The van der Waals surface area contributed by atoms with Gasteiger partial charge in [-0.15, -0.1) is 0 Å². The lowest BCUT2D eigenvalue weighted by molar-refractivity contribution is -0.141. The Morgan fingerprint density at radius 2 is 1.78 bits per heavy atom. The average Bonchev–Trinajstić information content (AvgIpc) is 2.82. The van der Waals surface area contributed by atoms with Crippen LogP contribution in [0.4, 0.5) is 17.6 Å². The quantitative estimate of drug-likeness (QED) is 0.729. The summed E-state index contributed by atoms with van der Waals surface area (Å²) in [6.45, 7) is 0.177. The summed E-state index contributed by atoms with van der Waals surface area (Å²) in [5.74, 6) is -0.567. The van der Waals surface area contributed by atoms with Gasteiger partial charge in [-0.05, 0) is 43.2 Å². The minimum absolute atomic E-state index is 0.0889. The second-order valence-corrected chi connectivity index (χ2v) is 8.40. The van der Waals surface area contributed by atoms with Crippen molar-refractivity contribution < 1.29 is 26.0 Å². The van der Waals surface area contributed by atoms with Gasteiger partial charge in [-0.2, -0.15) is 22.6 Å². The number of sulfonamides is 1. The molecule has 0 amide bonds. The molecule has 1 aliphatic rings. The van der Waals surface area contributed by atoms with E-state index in [9.17, 15) is 26.0 Å². The molecule has 27 heavy (non-hydrogen) atoms. The number of halogens is 4. The van der Waals surface area contributed by atoms with Gasteiger partial charge in [0.15, 0.2) is 5.69 Å². The van der Waals surface area contributed by atoms with E-state index in [0.29, 0.717) is 19.3 Å². The number of nitrogens with zero attached hydrogens (tertiary/aromatic N) is 3. The molecule has 1 aromatic heterocycles. The maximum atomic E-state index is 13.2. The fourth-order valence-corrected chi connectivity index (χ4v) is 5.01. The first kappa shape index (κ1) is 19.8. The Labute approximate surface area is 154 Å². The van der Waals surface area contributed by atoms with E-state index in [-0.39, 0.29) is 17.1 Å². The van der Waals surface area contributed by atoms with E-state index in [1.807, 2.05) is 0 Å². The Balaban J connectivity index is 2.04. The van der Waals surface area contributed by atoms with E-state index >= 15 is 0 Å². The monoisotopic (exact) mass is 405 g/mol. The predicted molar refractivity (Wildman–Crippen MR) is 89.7 cm³/mol. The van der Waals surface area contributed by atoms with Gasteiger partial charge in [0.1, 0.15) is 5.82 Å². The van der Waals surface area contributed by atoms with Crippen LogP contribution in [-0.4, -0.2) is 29.0 Å². The normalized spacial score (nSPS) is 19.8. The van der Waals surface area contributed by atoms with Crippen molar-refractivity contribution >= 4 is 10.0 Å². The summed E-state index contributed by atoms with van der Waals surface area (Å²) in [7, 11) is -2.62. The van der Waals surface area contributed by atoms with Crippen molar-refractivity contribution in [2.75, 3.05) is 6.54 Å². The highest BCUT2D eigenvalue weighted by Crippen LogP contribution is 2.37. The molecule has 0 spiro atoms. The van der Waals surface area contributed by atoms with Gasteiger partial charge >= 0.3 is 6.18 Å². The standard InChI is InChI=1S/C17H19F4N3O2S/c1-23-15(11-16(22-23)17(19,20)21)14-5-3-2-4-10-24(14)27(25,26)13-8-6-12(18)7-9-13/h6-9,11,14H,2-5,10H2,1H3. The molecule has 3 rings (SSSR count). The highest BCUT2D eigenvalue weighted by Gasteiger charge is 2.39. The Morgan fingerprint density at radius 3 is 2.37 bits per heavy atom. The van der Waals surface area contributed by atoms with E-state index in [0.717, 1.165) is 41.4 Å². The van der Waals surface area contributed by atoms with Gasteiger partial charge in [0, 0.05) is 13.6 Å². The van der Waals surface area contributed by atoms with E-state index in [1.165, 1.54) is 11.4 Å². The highest BCUT2D eigenvalue weighted by molar-refractivity contribution is 7.89. The number of hydrogen-bond acceptors (Lipinski definition) is 3. The third-order valence-electron chi connectivity index (χ3n) is 4.67. The molecule has 0 aliphatic carbocycles. The first-order chi connectivity index (χ1) is 12.6. The fraction of sp³-hybridized carbons (Fsp3) is 0.471. The van der Waals surface area contributed by atoms with Crippen LogP contribution in [0.15, 0.2) is 35.2 Å². The summed E-state index contributed by atoms with van der Waals surface area (Å²) < 4.78 is 80.7. The second kappa shape index (κ2) is 7.23. The Kier molecular flexibility index (Phi) is 5.31. The average molecular weight is 405 g/mol. The first-order valence-corrected chi connectivity index (χ1v) is 9.93. The Bertz CT molecular complexity index is 907. The summed E-state index contributed by atoms with van der Waals surface area (Å²) >= 11 is 0. The summed E-state index contributed by atoms with van der Waals surface area (Å²) in [6.07, 6.45) is -2.16. The van der Waals surface area contributed by atoms with E-state index < -0.39 is 33.8 Å². The van der Waals surface area contributed by atoms with Crippen molar-refractivity contribution in [3.8, 4) is 0 Å². The maximum Gasteiger partial charge on any atom is 0.435 e. The lowest BCUT2D eigenvalue weighted by atomic mass is 10.1. The molecular formula is C17H19F4N3O2S. The maximum absolute atomic E-state index is 13.2. The SMILES string of the molecule is Cn1nc(C(F)(F)F)cc1C1CCCCCN1S(=O)(=O)c1ccc(F)cc1. The van der Waals surface area contributed by atoms with Crippen LogP contribution in [0.25, 0.3) is 0 Å². The van der Waals surface area contributed by atoms with Crippen molar-refractivity contribution in [2.24, 2.45) is 7.05 Å². The first-order valence-electron chi connectivity index (χ1n) is 8.49. The summed E-state index contributed by atoms with van der Waals surface area (Å²) in [6, 6.07) is 4.56. The van der Waals surface area contributed by atoms with E-state index in [1.54, 1.807) is 0 Å². The number of aryl methyl sites for hydroxylation is 1. The number of hydrogen-bond donors (Lipinski definition) is 0. The third-order valence-corrected chi connectivity index (χ3v) is 6.59. The topological polar surface area (TPSA) is 55.2 Å². The fourth-order valence-electron chi connectivity index (χ4n) is 3.34. The van der Waals surface area contributed by atoms with Crippen molar-refractivity contribution in [1.29, 1.82) is 0 Å². The van der Waals surface area contributed by atoms with Gasteiger partial charge in [-0.25, -0.2) is 12.8 Å². The van der Waals surface area contributed by atoms with Crippen LogP contribution in [0.2, 0.25) is 0 Å². The van der Waals surface area contributed by atoms with Gasteiger partial charge in [0.05, 0.1) is 16.6 Å². The van der Waals surface area contributed by atoms with Crippen LogP contribution >= 0.6 is 0 Å².